The third-order valence-electron chi connectivity index (χ3n) is 5.43. The number of benzene rings is 2. The zero-order chi connectivity index (χ0) is 20.9. The summed E-state index contributed by atoms with van der Waals surface area (Å²) in [7, 11) is 0. The highest BCUT2D eigenvalue weighted by Crippen LogP contribution is 2.24. The smallest absolute Gasteiger partial charge is 0.275 e. The van der Waals surface area contributed by atoms with Crippen molar-refractivity contribution in [3.63, 3.8) is 0 Å². The number of nitrogens with one attached hydrogen (secondary N) is 2. The van der Waals surface area contributed by atoms with Crippen LogP contribution in [0.15, 0.2) is 48.7 Å². The molecule has 6 nitrogen and oxygen atoms in total. The Bertz CT molecular complexity index is 1080. The van der Waals surface area contributed by atoms with Gasteiger partial charge in [0, 0.05) is 11.6 Å². The Morgan fingerprint density at radius 3 is 2.57 bits per heavy atom. The summed E-state index contributed by atoms with van der Waals surface area (Å²) in [6, 6.07) is 12.2. The second-order valence-corrected chi connectivity index (χ2v) is 8.04. The molecule has 1 aliphatic rings. The Balaban J connectivity index is 1.50. The first-order valence-electron chi connectivity index (χ1n) is 10.2. The normalized spacial score (nSPS) is 14.4. The van der Waals surface area contributed by atoms with E-state index in [1.165, 1.54) is 25.5 Å². The fraction of sp³-hybridized carbons (Fsp3) is 0.304. The molecule has 1 heterocycles. The van der Waals surface area contributed by atoms with Gasteiger partial charge >= 0.3 is 0 Å². The Kier molecular flexibility index (Phi) is 6.23. The summed E-state index contributed by atoms with van der Waals surface area (Å²) in [5.41, 5.74) is 2.24. The van der Waals surface area contributed by atoms with Gasteiger partial charge in [-0.15, -0.1) is 0 Å². The van der Waals surface area contributed by atoms with Crippen molar-refractivity contribution in [2.45, 2.75) is 32.1 Å². The van der Waals surface area contributed by atoms with Gasteiger partial charge in [-0.3, -0.25) is 14.6 Å². The van der Waals surface area contributed by atoms with Gasteiger partial charge in [0.05, 0.1) is 28.5 Å². The second-order valence-electron chi connectivity index (χ2n) is 7.60. The lowest BCUT2D eigenvalue weighted by Crippen LogP contribution is -2.31. The van der Waals surface area contributed by atoms with Crippen LogP contribution in [0, 0.1) is 5.92 Å². The number of anilines is 1. The predicted octanol–water partition coefficient (Wildman–Crippen LogP) is 4.85. The number of amides is 2. The maximum atomic E-state index is 12.8. The van der Waals surface area contributed by atoms with Crippen LogP contribution in [0.3, 0.4) is 0 Å². The zero-order valence-corrected chi connectivity index (χ0v) is 17.3. The maximum absolute atomic E-state index is 12.8. The Hall–Kier alpha value is -2.99. The molecule has 4 rings (SSSR count). The summed E-state index contributed by atoms with van der Waals surface area (Å²) in [6.07, 6.45) is 7.40. The average molecular weight is 423 g/mol. The van der Waals surface area contributed by atoms with Crippen LogP contribution >= 0.6 is 11.6 Å². The number of nitrogens with zero attached hydrogens (tertiary/aromatic N) is 2. The van der Waals surface area contributed by atoms with Gasteiger partial charge in [-0.1, -0.05) is 43.0 Å². The van der Waals surface area contributed by atoms with E-state index < -0.39 is 5.91 Å². The molecule has 1 aliphatic carbocycles. The summed E-state index contributed by atoms with van der Waals surface area (Å²) < 4.78 is 0. The molecule has 1 saturated carbocycles. The summed E-state index contributed by atoms with van der Waals surface area (Å²) in [6.45, 7) is 0.634. The van der Waals surface area contributed by atoms with Gasteiger partial charge in [-0.05, 0) is 49.1 Å². The molecule has 30 heavy (non-hydrogen) atoms. The molecule has 0 atom stereocenters. The van der Waals surface area contributed by atoms with Crippen LogP contribution in [0.1, 0.15) is 53.0 Å². The molecule has 154 valence electrons. The highest BCUT2D eigenvalue weighted by Gasteiger charge is 2.19. The first kappa shape index (κ1) is 20.3. The summed E-state index contributed by atoms with van der Waals surface area (Å²) in [5.74, 6) is -0.173. The van der Waals surface area contributed by atoms with Crippen LogP contribution in [0.5, 0.6) is 0 Å². The Morgan fingerprint density at radius 2 is 1.77 bits per heavy atom. The quantitative estimate of drug-likeness (QED) is 0.615. The highest BCUT2D eigenvalue weighted by molar-refractivity contribution is 6.31. The zero-order valence-electron chi connectivity index (χ0n) is 16.5. The lowest BCUT2D eigenvalue weighted by atomic mass is 9.89. The van der Waals surface area contributed by atoms with Crippen molar-refractivity contribution in [2.75, 3.05) is 11.9 Å². The maximum Gasteiger partial charge on any atom is 0.275 e. The van der Waals surface area contributed by atoms with Crippen LogP contribution < -0.4 is 10.6 Å². The van der Waals surface area contributed by atoms with Crippen LogP contribution in [0.25, 0.3) is 11.0 Å². The van der Waals surface area contributed by atoms with Crippen LogP contribution in [0.2, 0.25) is 5.02 Å². The van der Waals surface area contributed by atoms with E-state index in [-0.39, 0.29) is 11.6 Å². The van der Waals surface area contributed by atoms with Gasteiger partial charge in [0.15, 0.2) is 0 Å². The second kappa shape index (κ2) is 9.22. The monoisotopic (exact) mass is 422 g/mol. The number of halogens is 1. The molecule has 0 bridgehead atoms. The van der Waals surface area contributed by atoms with Gasteiger partial charge in [-0.25, -0.2) is 4.98 Å². The van der Waals surface area contributed by atoms with E-state index in [4.69, 9.17) is 11.6 Å². The van der Waals surface area contributed by atoms with Crippen molar-refractivity contribution in [3.05, 3.63) is 64.9 Å². The Morgan fingerprint density at radius 1 is 1.00 bits per heavy atom. The Labute approximate surface area is 180 Å². The van der Waals surface area contributed by atoms with Crippen molar-refractivity contribution in [1.82, 2.24) is 15.3 Å². The molecular weight excluding hydrogens is 400 g/mol. The molecular formula is C23H23ClN4O2. The molecule has 1 aromatic heterocycles. The number of fused-ring (bicyclic) bond motifs is 1. The number of hydrogen-bond donors (Lipinski definition) is 2. The molecule has 0 aliphatic heterocycles. The fourth-order valence-electron chi connectivity index (χ4n) is 3.79. The minimum absolute atomic E-state index is 0.178. The fourth-order valence-corrected chi connectivity index (χ4v) is 3.96. The topological polar surface area (TPSA) is 84.0 Å². The van der Waals surface area contributed by atoms with E-state index in [1.807, 2.05) is 18.2 Å². The molecule has 2 N–H and O–H groups in total. The van der Waals surface area contributed by atoms with Crippen LogP contribution in [-0.4, -0.2) is 28.3 Å². The lowest BCUT2D eigenvalue weighted by Gasteiger charge is -2.22. The van der Waals surface area contributed by atoms with Crippen molar-refractivity contribution >= 4 is 40.1 Å². The number of carbonyl (C=O) groups excluding carboxylic acids is 2. The molecule has 0 unspecified atom stereocenters. The molecule has 0 spiro atoms. The third-order valence-corrected chi connectivity index (χ3v) is 5.67. The van der Waals surface area contributed by atoms with Gasteiger partial charge in [0.2, 0.25) is 0 Å². The number of carbonyl (C=O) groups is 2. The van der Waals surface area contributed by atoms with E-state index in [0.29, 0.717) is 39.8 Å². The third kappa shape index (κ3) is 4.76. The molecule has 1 fully saturated rings. The summed E-state index contributed by atoms with van der Waals surface area (Å²) in [4.78, 5) is 34.2. The van der Waals surface area contributed by atoms with E-state index in [1.54, 1.807) is 24.3 Å². The van der Waals surface area contributed by atoms with Crippen LogP contribution in [-0.2, 0) is 0 Å². The van der Waals surface area contributed by atoms with Gasteiger partial charge in [0.25, 0.3) is 11.8 Å². The first-order valence-corrected chi connectivity index (χ1v) is 10.6. The number of rotatable bonds is 5. The van der Waals surface area contributed by atoms with Crippen molar-refractivity contribution in [3.8, 4) is 0 Å². The first-order chi connectivity index (χ1) is 14.6. The standard InChI is InChI=1S/C23H23ClN4O2/c24-16-10-11-18(17(12-16)22(29)26-13-15-6-2-1-3-7-15)28-23(30)21-14-25-19-8-4-5-9-20(19)27-21/h4-5,8-12,14-15H,1-3,6-7,13H2,(H,26,29)(H,28,30). The van der Waals surface area contributed by atoms with Gasteiger partial charge in [-0.2, -0.15) is 0 Å². The lowest BCUT2D eigenvalue weighted by molar-refractivity contribution is 0.0944. The summed E-state index contributed by atoms with van der Waals surface area (Å²) in [5, 5.41) is 6.21. The number of aromatic nitrogens is 2. The van der Waals surface area contributed by atoms with Crippen molar-refractivity contribution < 1.29 is 9.59 Å². The molecule has 0 saturated heterocycles. The largest absolute Gasteiger partial charge is 0.352 e. The van der Waals surface area contributed by atoms with E-state index in [0.717, 1.165) is 12.8 Å². The van der Waals surface area contributed by atoms with E-state index >= 15 is 0 Å². The van der Waals surface area contributed by atoms with Crippen molar-refractivity contribution in [1.29, 1.82) is 0 Å². The van der Waals surface area contributed by atoms with E-state index in [2.05, 4.69) is 20.6 Å². The number of para-hydroxylation sites is 2. The highest BCUT2D eigenvalue weighted by atomic mass is 35.5. The average Bonchev–Trinajstić information content (AvgIpc) is 2.79. The molecule has 0 radical (unpaired) electrons. The molecule has 3 aromatic rings. The van der Waals surface area contributed by atoms with Crippen molar-refractivity contribution in [2.24, 2.45) is 5.92 Å². The number of hydrogen-bond acceptors (Lipinski definition) is 4. The molecule has 7 heteroatoms. The van der Waals surface area contributed by atoms with Gasteiger partial charge in [0.1, 0.15) is 5.69 Å². The minimum Gasteiger partial charge on any atom is -0.352 e. The van der Waals surface area contributed by atoms with E-state index in [9.17, 15) is 9.59 Å². The summed E-state index contributed by atoms with van der Waals surface area (Å²) >= 11 is 6.11. The molecule has 2 amide bonds. The van der Waals surface area contributed by atoms with Gasteiger partial charge < -0.3 is 10.6 Å². The minimum atomic E-state index is -0.433. The predicted molar refractivity (Wildman–Crippen MR) is 118 cm³/mol. The van der Waals surface area contributed by atoms with Crippen LogP contribution in [0.4, 0.5) is 5.69 Å². The SMILES string of the molecule is O=C(Nc1ccc(Cl)cc1C(=O)NCC1CCCCC1)c1cnc2ccccc2n1. The molecule has 2 aromatic carbocycles.